The maximum Gasteiger partial charge on any atom is 0.262 e. The number of nitrogens with one attached hydrogen (secondary N) is 1. The quantitative estimate of drug-likeness (QED) is 0.333. The first-order valence-electron chi connectivity index (χ1n) is 13.2. The van der Waals surface area contributed by atoms with Gasteiger partial charge in [0, 0.05) is 29.7 Å². The fourth-order valence-electron chi connectivity index (χ4n) is 5.20. The van der Waals surface area contributed by atoms with Crippen molar-refractivity contribution < 1.29 is 17.9 Å². The van der Waals surface area contributed by atoms with Crippen LogP contribution in [-0.4, -0.2) is 56.3 Å². The number of para-hydroxylation sites is 2. The number of piperidine rings is 2. The molecule has 2 heterocycles. The fraction of sp³-hybridized carbons (Fsp3) is 0.345. The van der Waals surface area contributed by atoms with Gasteiger partial charge in [0.25, 0.3) is 15.9 Å². The lowest BCUT2D eigenvalue weighted by Gasteiger charge is -2.40. The number of carbonyl (C=O) groups excluding carboxylic acids is 1. The second kappa shape index (κ2) is 12.2. The number of likely N-dealkylation sites (tertiary alicyclic amines) is 2. The molecule has 1 N–H and O–H groups in total. The highest BCUT2D eigenvalue weighted by Gasteiger charge is 2.28. The first-order valence-corrected chi connectivity index (χ1v) is 15.4. The average molecular weight is 589 g/mol. The summed E-state index contributed by atoms with van der Waals surface area (Å²) >= 11 is 12.2. The van der Waals surface area contributed by atoms with Gasteiger partial charge in [0.05, 0.1) is 15.6 Å². The number of ether oxygens (including phenoxy) is 1. The number of benzene rings is 3. The molecule has 0 spiro atoms. The Balaban J connectivity index is 1.23. The summed E-state index contributed by atoms with van der Waals surface area (Å²) in [7, 11) is -3.95. The van der Waals surface area contributed by atoms with Gasteiger partial charge in [-0.05, 0) is 93.4 Å². The third kappa shape index (κ3) is 6.69. The van der Waals surface area contributed by atoms with Crippen LogP contribution in [-0.2, 0) is 10.0 Å². The van der Waals surface area contributed by atoms with E-state index in [0.29, 0.717) is 27.4 Å². The molecular formula is C29H31Cl2N3O4S. The van der Waals surface area contributed by atoms with Crippen LogP contribution in [0.2, 0.25) is 10.0 Å². The van der Waals surface area contributed by atoms with Crippen LogP contribution in [0.4, 0.5) is 5.69 Å². The van der Waals surface area contributed by atoms with Crippen molar-refractivity contribution in [2.75, 3.05) is 30.9 Å². The number of hydrogen-bond donors (Lipinski definition) is 1. The van der Waals surface area contributed by atoms with Crippen molar-refractivity contribution in [3.8, 4) is 11.5 Å². The van der Waals surface area contributed by atoms with E-state index >= 15 is 0 Å². The van der Waals surface area contributed by atoms with Gasteiger partial charge in [0.15, 0.2) is 5.75 Å². The number of hydrogen-bond acceptors (Lipinski definition) is 5. The standard InChI is InChI=1S/C29H31Cl2N3O4S/c30-22-10-13-27(25(31)20-22)38-28-7-3-2-6-26(28)32-39(36,37)24-11-8-21(9-12-24)29(35)34-18-14-23(15-19-34)33-16-4-1-5-17-33/h2-3,6-13,20,23,32H,1,4-5,14-19H2. The van der Waals surface area contributed by atoms with Crippen molar-refractivity contribution in [3.05, 3.63) is 82.3 Å². The van der Waals surface area contributed by atoms with Crippen molar-refractivity contribution in [3.63, 3.8) is 0 Å². The van der Waals surface area contributed by atoms with Gasteiger partial charge in [-0.25, -0.2) is 8.42 Å². The highest BCUT2D eigenvalue weighted by Crippen LogP contribution is 2.36. The number of amides is 1. The molecule has 206 valence electrons. The molecule has 5 rings (SSSR count). The summed E-state index contributed by atoms with van der Waals surface area (Å²) in [6.45, 7) is 3.76. The van der Waals surface area contributed by atoms with Gasteiger partial charge in [0.1, 0.15) is 5.75 Å². The second-order valence-electron chi connectivity index (χ2n) is 9.92. The Hall–Kier alpha value is -2.78. The number of carbonyl (C=O) groups is 1. The Morgan fingerprint density at radius 3 is 2.23 bits per heavy atom. The minimum absolute atomic E-state index is 0.0437. The summed E-state index contributed by atoms with van der Waals surface area (Å²) in [5.41, 5.74) is 0.728. The summed E-state index contributed by atoms with van der Waals surface area (Å²) < 4.78 is 34.8. The van der Waals surface area contributed by atoms with E-state index in [-0.39, 0.29) is 22.2 Å². The van der Waals surface area contributed by atoms with E-state index in [4.69, 9.17) is 27.9 Å². The second-order valence-corrected chi connectivity index (χ2v) is 12.4. The molecule has 39 heavy (non-hydrogen) atoms. The molecule has 0 aliphatic carbocycles. The fourth-order valence-corrected chi connectivity index (χ4v) is 6.71. The highest BCUT2D eigenvalue weighted by molar-refractivity contribution is 7.92. The van der Waals surface area contributed by atoms with Crippen LogP contribution in [0.25, 0.3) is 0 Å². The Morgan fingerprint density at radius 1 is 0.846 bits per heavy atom. The molecule has 3 aromatic carbocycles. The van der Waals surface area contributed by atoms with Crippen LogP contribution >= 0.6 is 23.2 Å². The lowest BCUT2D eigenvalue weighted by molar-refractivity contribution is 0.0590. The van der Waals surface area contributed by atoms with E-state index in [9.17, 15) is 13.2 Å². The molecule has 0 aromatic heterocycles. The molecule has 2 aliphatic rings. The van der Waals surface area contributed by atoms with E-state index in [1.54, 1.807) is 54.6 Å². The SMILES string of the molecule is O=C(c1ccc(S(=O)(=O)Nc2ccccc2Oc2ccc(Cl)cc2Cl)cc1)N1CCC(N2CCCCC2)CC1. The molecule has 0 radical (unpaired) electrons. The molecule has 0 unspecified atom stereocenters. The number of anilines is 1. The summed E-state index contributed by atoms with van der Waals surface area (Å²) in [5, 5.41) is 0.765. The minimum atomic E-state index is -3.95. The Kier molecular flexibility index (Phi) is 8.67. The number of halogens is 2. The van der Waals surface area contributed by atoms with Gasteiger partial charge in [-0.2, -0.15) is 0 Å². The molecule has 3 aromatic rings. The van der Waals surface area contributed by atoms with Crippen molar-refractivity contribution in [2.24, 2.45) is 0 Å². The van der Waals surface area contributed by atoms with Gasteiger partial charge < -0.3 is 14.5 Å². The minimum Gasteiger partial charge on any atom is -0.454 e. The van der Waals surface area contributed by atoms with E-state index in [2.05, 4.69) is 9.62 Å². The average Bonchev–Trinajstić information content (AvgIpc) is 2.95. The third-order valence-electron chi connectivity index (χ3n) is 7.32. The maximum atomic E-state index is 13.2. The predicted octanol–water partition coefficient (Wildman–Crippen LogP) is 6.68. The van der Waals surface area contributed by atoms with Crippen molar-refractivity contribution >= 4 is 44.8 Å². The van der Waals surface area contributed by atoms with Crippen molar-refractivity contribution in [1.29, 1.82) is 0 Å². The maximum absolute atomic E-state index is 13.2. The number of nitrogens with zero attached hydrogens (tertiary/aromatic N) is 2. The van der Waals surface area contributed by atoms with Crippen molar-refractivity contribution in [1.82, 2.24) is 9.80 Å². The number of rotatable bonds is 7. The first-order chi connectivity index (χ1) is 18.8. The first kappa shape index (κ1) is 27.8. The van der Waals surface area contributed by atoms with Gasteiger partial charge in [0.2, 0.25) is 0 Å². The van der Waals surface area contributed by atoms with E-state index in [1.807, 2.05) is 4.90 Å². The summed E-state index contributed by atoms with van der Waals surface area (Å²) in [6, 6.07) is 18.1. The number of sulfonamides is 1. The van der Waals surface area contributed by atoms with Gasteiger partial charge in [-0.3, -0.25) is 9.52 Å². The van der Waals surface area contributed by atoms with Gasteiger partial charge in [-0.15, -0.1) is 0 Å². The summed E-state index contributed by atoms with van der Waals surface area (Å²) in [6.07, 6.45) is 5.79. The van der Waals surface area contributed by atoms with Crippen molar-refractivity contribution in [2.45, 2.75) is 43.0 Å². The van der Waals surface area contributed by atoms with E-state index in [0.717, 1.165) is 39.0 Å². The van der Waals surface area contributed by atoms with Crippen LogP contribution in [0.15, 0.2) is 71.6 Å². The zero-order chi connectivity index (χ0) is 27.4. The molecule has 10 heteroatoms. The Bertz CT molecular complexity index is 1420. The lowest BCUT2D eigenvalue weighted by Crippen LogP contribution is -2.48. The molecule has 0 atom stereocenters. The molecular weight excluding hydrogens is 557 g/mol. The smallest absolute Gasteiger partial charge is 0.262 e. The van der Waals surface area contributed by atoms with Crippen LogP contribution in [0, 0.1) is 0 Å². The zero-order valence-corrected chi connectivity index (χ0v) is 23.8. The van der Waals surface area contributed by atoms with E-state index < -0.39 is 10.0 Å². The van der Waals surface area contributed by atoms with Crippen LogP contribution < -0.4 is 9.46 Å². The largest absolute Gasteiger partial charge is 0.454 e. The van der Waals surface area contributed by atoms with Gasteiger partial charge in [-0.1, -0.05) is 41.8 Å². The molecule has 7 nitrogen and oxygen atoms in total. The van der Waals surface area contributed by atoms with E-state index in [1.165, 1.54) is 31.4 Å². The molecule has 2 fully saturated rings. The third-order valence-corrected chi connectivity index (χ3v) is 9.23. The lowest BCUT2D eigenvalue weighted by atomic mass is 9.99. The normalized spacial score (nSPS) is 17.1. The molecule has 2 saturated heterocycles. The Morgan fingerprint density at radius 2 is 1.54 bits per heavy atom. The van der Waals surface area contributed by atoms with Gasteiger partial charge >= 0.3 is 0 Å². The van der Waals surface area contributed by atoms with Crippen LogP contribution in [0.1, 0.15) is 42.5 Å². The highest BCUT2D eigenvalue weighted by atomic mass is 35.5. The van der Waals surface area contributed by atoms with Crippen LogP contribution in [0.5, 0.6) is 11.5 Å². The molecule has 0 bridgehead atoms. The summed E-state index contributed by atoms with van der Waals surface area (Å²) in [5.74, 6) is 0.559. The molecule has 0 saturated carbocycles. The molecule has 2 aliphatic heterocycles. The monoisotopic (exact) mass is 587 g/mol. The molecule has 1 amide bonds. The zero-order valence-electron chi connectivity index (χ0n) is 21.5. The predicted molar refractivity (Wildman–Crippen MR) is 155 cm³/mol. The topological polar surface area (TPSA) is 78.9 Å². The van der Waals surface area contributed by atoms with Crippen LogP contribution in [0.3, 0.4) is 0 Å². The summed E-state index contributed by atoms with van der Waals surface area (Å²) in [4.78, 5) is 17.6. The Labute approximate surface area is 239 Å².